The molecule has 0 spiro atoms. The highest BCUT2D eigenvalue weighted by molar-refractivity contribution is 5.89. The second-order valence-electron chi connectivity index (χ2n) is 3.68. The molecule has 1 aromatic rings. The van der Waals surface area contributed by atoms with E-state index in [0.717, 1.165) is 0 Å². The molecule has 0 saturated heterocycles. The van der Waals surface area contributed by atoms with Gasteiger partial charge in [0.2, 0.25) is 0 Å². The molecule has 1 aliphatic rings. The molecule has 2 rings (SSSR count). The van der Waals surface area contributed by atoms with E-state index in [9.17, 15) is 9.59 Å². The molecule has 0 N–H and O–H groups in total. The predicted octanol–water partition coefficient (Wildman–Crippen LogP) is 1.71. The average Bonchev–Trinajstić information content (AvgIpc) is 2.40. The second-order valence-corrected chi connectivity index (χ2v) is 3.68. The first-order valence-electron chi connectivity index (χ1n) is 5.33. The molecule has 0 unspecified atom stereocenters. The van der Waals surface area contributed by atoms with Gasteiger partial charge in [-0.3, -0.25) is 4.79 Å². The lowest BCUT2D eigenvalue weighted by Crippen LogP contribution is -2.27. The lowest BCUT2D eigenvalue weighted by molar-refractivity contribution is -0.117. The van der Waals surface area contributed by atoms with Crippen LogP contribution in [0, 0.1) is 0 Å². The molecule has 0 amide bonds. The molecular weight excluding hydrogens is 220 g/mol. The van der Waals surface area contributed by atoms with Gasteiger partial charge in [-0.05, 0) is 18.2 Å². The van der Waals surface area contributed by atoms with Crippen molar-refractivity contribution in [3.8, 4) is 0 Å². The smallest absolute Gasteiger partial charge is 0.338 e. The summed E-state index contributed by atoms with van der Waals surface area (Å²) in [5, 5.41) is 0. The molecule has 2 atom stereocenters. The number of hydrogen-bond donors (Lipinski definition) is 0. The van der Waals surface area contributed by atoms with Crippen LogP contribution in [0.15, 0.2) is 42.7 Å². The van der Waals surface area contributed by atoms with Crippen LogP contribution >= 0.6 is 0 Å². The van der Waals surface area contributed by atoms with Crippen molar-refractivity contribution >= 4 is 12.3 Å². The molecule has 1 heterocycles. The fraction of sp³-hybridized carbons (Fsp3) is 0.231. The Morgan fingerprint density at radius 1 is 1.35 bits per heavy atom. The maximum absolute atomic E-state index is 11.7. The zero-order valence-electron chi connectivity index (χ0n) is 9.11. The molecule has 17 heavy (non-hydrogen) atoms. The quantitative estimate of drug-likeness (QED) is 0.588. The topological polar surface area (TPSA) is 52.6 Å². The van der Waals surface area contributed by atoms with E-state index < -0.39 is 18.2 Å². The van der Waals surface area contributed by atoms with Gasteiger partial charge in [0.25, 0.3) is 0 Å². The Bertz CT molecular complexity index is 424. The lowest BCUT2D eigenvalue weighted by Gasteiger charge is -2.21. The van der Waals surface area contributed by atoms with Crippen molar-refractivity contribution in [3.63, 3.8) is 0 Å². The molecular formula is C13H12O4. The molecule has 0 fully saturated rings. The zero-order chi connectivity index (χ0) is 12.1. The Kier molecular flexibility index (Phi) is 3.55. The van der Waals surface area contributed by atoms with Gasteiger partial charge >= 0.3 is 5.97 Å². The summed E-state index contributed by atoms with van der Waals surface area (Å²) in [6, 6.07) is 8.73. The number of ether oxygens (including phenoxy) is 2. The van der Waals surface area contributed by atoms with Crippen LogP contribution in [0.2, 0.25) is 0 Å². The highest BCUT2D eigenvalue weighted by Gasteiger charge is 2.22. The van der Waals surface area contributed by atoms with E-state index in [4.69, 9.17) is 9.47 Å². The van der Waals surface area contributed by atoms with Gasteiger partial charge in [-0.1, -0.05) is 18.2 Å². The fourth-order valence-electron chi connectivity index (χ4n) is 1.55. The highest BCUT2D eigenvalue weighted by atomic mass is 16.5. The van der Waals surface area contributed by atoms with Crippen molar-refractivity contribution in [3.05, 3.63) is 48.2 Å². The minimum absolute atomic E-state index is 0.360. The maximum Gasteiger partial charge on any atom is 0.338 e. The van der Waals surface area contributed by atoms with Crippen LogP contribution in [-0.2, 0) is 14.3 Å². The third-order valence-electron chi connectivity index (χ3n) is 2.43. The number of benzene rings is 1. The monoisotopic (exact) mass is 232 g/mol. The summed E-state index contributed by atoms with van der Waals surface area (Å²) in [7, 11) is 0. The highest BCUT2D eigenvalue weighted by Crippen LogP contribution is 2.14. The van der Waals surface area contributed by atoms with Crippen molar-refractivity contribution in [1.82, 2.24) is 0 Å². The van der Waals surface area contributed by atoms with Crippen LogP contribution in [0.5, 0.6) is 0 Å². The summed E-state index contributed by atoms with van der Waals surface area (Å²) in [6.07, 6.45) is 3.14. The molecule has 0 radical (unpaired) electrons. The van der Waals surface area contributed by atoms with E-state index in [1.807, 2.05) is 6.07 Å². The first-order valence-corrected chi connectivity index (χ1v) is 5.33. The van der Waals surface area contributed by atoms with Crippen molar-refractivity contribution in [2.24, 2.45) is 0 Å². The first-order chi connectivity index (χ1) is 8.29. The van der Waals surface area contributed by atoms with Gasteiger partial charge in [0.1, 0.15) is 6.10 Å². The van der Waals surface area contributed by atoms with E-state index in [1.54, 1.807) is 30.3 Å². The molecule has 1 aromatic carbocycles. The van der Waals surface area contributed by atoms with Gasteiger partial charge < -0.3 is 9.47 Å². The Morgan fingerprint density at radius 3 is 2.82 bits per heavy atom. The predicted molar refractivity (Wildman–Crippen MR) is 60.3 cm³/mol. The molecule has 0 bridgehead atoms. The van der Waals surface area contributed by atoms with Crippen LogP contribution in [0.1, 0.15) is 16.8 Å². The molecule has 4 heteroatoms. The number of carbonyl (C=O) groups excluding carboxylic acids is 2. The van der Waals surface area contributed by atoms with Crippen LogP contribution < -0.4 is 0 Å². The molecule has 0 saturated carbocycles. The number of rotatable bonds is 3. The maximum atomic E-state index is 11.7. The van der Waals surface area contributed by atoms with Crippen molar-refractivity contribution in [1.29, 1.82) is 0 Å². The van der Waals surface area contributed by atoms with Gasteiger partial charge in [0.05, 0.1) is 11.8 Å². The normalized spacial score (nSPS) is 22.6. The standard InChI is InChI=1S/C13H12O4/c14-9-12-8-11(6-7-16-12)17-13(15)10-4-2-1-3-5-10/h1-7,9,11-12H,8H2/t11-,12+/m1/s1. The minimum Gasteiger partial charge on any atom is -0.491 e. The summed E-state index contributed by atoms with van der Waals surface area (Å²) in [4.78, 5) is 22.3. The van der Waals surface area contributed by atoms with Gasteiger partial charge in [-0.2, -0.15) is 0 Å². The zero-order valence-corrected chi connectivity index (χ0v) is 9.11. The SMILES string of the molecule is O=C[C@@H]1C[C@H](OC(=O)c2ccccc2)C=CO1. The summed E-state index contributed by atoms with van der Waals surface area (Å²) in [6.45, 7) is 0. The second kappa shape index (κ2) is 5.30. The fourth-order valence-corrected chi connectivity index (χ4v) is 1.55. The Labute approximate surface area is 98.8 Å². The molecule has 88 valence electrons. The molecule has 4 nitrogen and oxygen atoms in total. The van der Waals surface area contributed by atoms with Crippen LogP contribution in [0.3, 0.4) is 0 Å². The van der Waals surface area contributed by atoms with Crippen LogP contribution in [0.4, 0.5) is 0 Å². The van der Waals surface area contributed by atoms with Gasteiger partial charge in [-0.15, -0.1) is 0 Å². The van der Waals surface area contributed by atoms with Crippen LogP contribution in [-0.4, -0.2) is 24.5 Å². The summed E-state index contributed by atoms with van der Waals surface area (Å²) in [5.74, 6) is -0.396. The van der Waals surface area contributed by atoms with E-state index in [1.165, 1.54) is 6.26 Å². The largest absolute Gasteiger partial charge is 0.491 e. The third kappa shape index (κ3) is 2.93. The van der Waals surface area contributed by atoms with E-state index in [0.29, 0.717) is 18.3 Å². The molecule has 0 aliphatic carbocycles. The molecule has 0 aromatic heterocycles. The van der Waals surface area contributed by atoms with Gasteiger partial charge in [0, 0.05) is 6.42 Å². The number of hydrogen-bond acceptors (Lipinski definition) is 4. The summed E-state index contributed by atoms with van der Waals surface area (Å²) < 4.78 is 10.2. The van der Waals surface area contributed by atoms with E-state index >= 15 is 0 Å². The first kappa shape index (κ1) is 11.4. The van der Waals surface area contributed by atoms with Crippen molar-refractivity contribution in [2.75, 3.05) is 0 Å². The summed E-state index contributed by atoms with van der Waals surface area (Å²) in [5.41, 5.74) is 0.495. The van der Waals surface area contributed by atoms with Crippen molar-refractivity contribution in [2.45, 2.75) is 18.6 Å². The van der Waals surface area contributed by atoms with E-state index in [-0.39, 0.29) is 0 Å². The molecule has 1 aliphatic heterocycles. The third-order valence-corrected chi connectivity index (χ3v) is 2.43. The number of carbonyl (C=O) groups is 2. The Morgan fingerprint density at radius 2 is 2.12 bits per heavy atom. The van der Waals surface area contributed by atoms with E-state index in [2.05, 4.69) is 0 Å². The average molecular weight is 232 g/mol. The van der Waals surface area contributed by atoms with Gasteiger partial charge in [-0.25, -0.2) is 4.79 Å². The Hall–Kier alpha value is -2.10. The summed E-state index contributed by atoms with van der Waals surface area (Å²) >= 11 is 0. The van der Waals surface area contributed by atoms with Crippen molar-refractivity contribution < 1.29 is 19.1 Å². The number of esters is 1. The van der Waals surface area contributed by atoms with Gasteiger partial charge in [0.15, 0.2) is 12.4 Å². The lowest BCUT2D eigenvalue weighted by atomic mass is 10.1. The minimum atomic E-state index is -0.534. The van der Waals surface area contributed by atoms with Crippen LogP contribution in [0.25, 0.3) is 0 Å². The number of aldehydes is 1. The Balaban J connectivity index is 1.98.